The van der Waals surface area contributed by atoms with Crippen molar-refractivity contribution in [3.8, 4) is 5.75 Å². The highest BCUT2D eigenvalue weighted by molar-refractivity contribution is 5.90. The van der Waals surface area contributed by atoms with Crippen molar-refractivity contribution >= 4 is 21.8 Å². The van der Waals surface area contributed by atoms with Crippen LogP contribution in [0.1, 0.15) is 34.0 Å². The Morgan fingerprint density at radius 3 is 1.97 bits per heavy atom. The molecule has 0 saturated heterocycles. The summed E-state index contributed by atoms with van der Waals surface area (Å²) in [6.45, 7) is 8.61. The van der Waals surface area contributed by atoms with E-state index in [0.717, 1.165) is 16.8 Å². The van der Waals surface area contributed by atoms with Gasteiger partial charge in [-0.25, -0.2) is 0 Å². The molecule has 0 saturated carbocycles. The van der Waals surface area contributed by atoms with Gasteiger partial charge in [0.1, 0.15) is 12.4 Å². The third kappa shape index (κ3) is 3.32. The van der Waals surface area contributed by atoms with Gasteiger partial charge in [-0.15, -0.1) is 0 Å². The van der Waals surface area contributed by atoms with Gasteiger partial charge in [-0.05, 0) is 54.8 Å². The molecule has 0 unspecified atom stereocenters. The molecule has 0 aliphatic carbocycles. The Morgan fingerprint density at radius 2 is 1.39 bits per heavy atom. The summed E-state index contributed by atoms with van der Waals surface area (Å²) in [4.78, 5) is 7.20. The van der Waals surface area contributed by atoms with Gasteiger partial charge in [0.15, 0.2) is 0 Å². The Labute approximate surface area is 182 Å². The minimum absolute atomic E-state index is 0.0691. The average Bonchev–Trinajstić information content (AvgIpc) is 3.29. The maximum Gasteiger partial charge on any atom is 0.120 e. The molecule has 31 heavy (non-hydrogen) atoms. The summed E-state index contributed by atoms with van der Waals surface area (Å²) in [6, 6.07) is 25.6. The number of fused-ring (bicyclic) bond motifs is 2. The molecule has 2 heterocycles. The largest absolute Gasteiger partial charge is 0.490 e. The van der Waals surface area contributed by atoms with E-state index >= 15 is 0 Å². The van der Waals surface area contributed by atoms with E-state index in [1.54, 1.807) is 6.08 Å². The summed E-state index contributed by atoms with van der Waals surface area (Å²) in [7, 11) is 0. The number of H-pyrrole nitrogens is 2. The van der Waals surface area contributed by atoms with Crippen LogP contribution in [0.15, 0.2) is 85.5 Å². The molecule has 0 amide bonds. The number of rotatable bonds is 6. The minimum Gasteiger partial charge on any atom is -0.490 e. The standard InChI is InChI=1S/C28H26N2O/c1-4-16-31-21-11-9-10-20(17-21)28(26-18(2)29-24-14-7-5-12-22(24)26)27-19(3)30-25-15-8-6-13-23(25)27/h4-15,17,28-30H,1,16H2,2-3H3. The van der Waals surface area contributed by atoms with Gasteiger partial charge in [-0.3, -0.25) is 0 Å². The van der Waals surface area contributed by atoms with Gasteiger partial charge in [-0.1, -0.05) is 61.2 Å². The van der Waals surface area contributed by atoms with E-state index in [4.69, 9.17) is 4.74 Å². The highest BCUT2D eigenvalue weighted by atomic mass is 16.5. The predicted molar refractivity (Wildman–Crippen MR) is 129 cm³/mol. The molecule has 0 spiro atoms. The first-order valence-electron chi connectivity index (χ1n) is 10.7. The summed E-state index contributed by atoms with van der Waals surface area (Å²) in [5.74, 6) is 0.928. The van der Waals surface area contributed by atoms with Crippen LogP contribution in [0.3, 0.4) is 0 Å². The van der Waals surface area contributed by atoms with Crippen LogP contribution in [0, 0.1) is 13.8 Å². The van der Waals surface area contributed by atoms with Gasteiger partial charge >= 0.3 is 0 Å². The van der Waals surface area contributed by atoms with Crippen LogP contribution in [0.4, 0.5) is 0 Å². The number of hydrogen-bond donors (Lipinski definition) is 2. The zero-order valence-electron chi connectivity index (χ0n) is 17.9. The lowest BCUT2D eigenvalue weighted by Gasteiger charge is -2.21. The predicted octanol–water partition coefficient (Wildman–Crippen LogP) is 7.01. The summed E-state index contributed by atoms with van der Waals surface area (Å²) in [5.41, 5.74) is 8.53. The fraction of sp³-hybridized carbons (Fsp3) is 0.143. The molecule has 154 valence electrons. The molecule has 0 bridgehead atoms. The normalized spacial score (nSPS) is 11.5. The fourth-order valence-corrected chi connectivity index (χ4v) is 4.76. The first-order chi connectivity index (χ1) is 15.2. The Hall–Kier alpha value is -3.72. The van der Waals surface area contributed by atoms with Crippen LogP contribution in [-0.4, -0.2) is 16.6 Å². The number of aromatic nitrogens is 2. The van der Waals surface area contributed by atoms with Crippen LogP contribution < -0.4 is 4.74 Å². The molecular weight excluding hydrogens is 380 g/mol. The van der Waals surface area contributed by atoms with Crippen molar-refractivity contribution in [2.45, 2.75) is 19.8 Å². The van der Waals surface area contributed by atoms with E-state index < -0.39 is 0 Å². The lowest BCUT2D eigenvalue weighted by atomic mass is 9.82. The lowest BCUT2D eigenvalue weighted by molar-refractivity contribution is 0.363. The fourth-order valence-electron chi connectivity index (χ4n) is 4.76. The van der Waals surface area contributed by atoms with Crippen molar-refractivity contribution in [1.82, 2.24) is 9.97 Å². The molecule has 0 aliphatic rings. The topological polar surface area (TPSA) is 40.8 Å². The van der Waals surface area contributed by atoms with E-state index in [0.29, 0.717) is 6.61 Å². The van der Waals surface area contributed by atoms with E-state index in [-0.39, 0.29) is 5.92 Å². The Balaban J connectivity index is 1.80. The molecule has 3 nitrogen and oxygen atoms in total. The van der Waals surface area contributed by atoms with Crippen LogP contribution in [-0.2, 0) is 0 Å². The number of ether oxygens (including phenoxy) is 1. The van der Waals surface area contributed by atoms with E-state index in [2.05, 4.69) is 97.1 Å². The Morgan fingerprint density at radius 1 is 0.806 bits per heavy atom. The van der Waals surface area contributed by atoms with Gasteiger partial charge < -0.3 is 14.7 Å². The van der Waals surface area contributed by atoms with Gasteiger partial charge in [0.05, 0.1) is 0 Å². The number of hydrogen-bond acceptors (Lipinski definition) is 1. The molecular formula is C28H26N2O. The van der Waals surface area contributed by atoms with Gasteiger partial charge in [0.25, 0.3) is 0 Å². The number of nitrogens with one attached hydrogen (secondary N) is 2. The second kappa shape index (κ2) is 7.84. The first kappa shape index (κ1) is 19.3. The van der Waals surface area contributed by atoms with Crippen LogP contribution in [0.5, 0.6) is 5.75 Å². The van der Waals surface area contributed by atoms with Gasteiger partial charge in [0, 0.05) is 39.1 Å². The molecule has 0 aliphatic heterocycles. The molecule has 5 aromatic rings. The quantitative estimate of drug-likeness (QED) is 0.293. The maximum absolute atomic E-state index is 5.88. The lowest BCUT2D eigenvalue weighted by Crippen LogP contribution is -2.06. The van der Waals surface area contributed by atoms with E-state index in [1.807, 2.05) is 6.07 Å². The third-order valence-corrected chi connectivity index (χ3v) is 6.02. The zero-order chi connectivity index (χ0) is 21.4. The van der Waals surface area contributed by atoms with E-state index in [1.165, 1.54) is 38.9 Å². The summed E-state index contributed by atoms with van der Waals surface area (Å²) in [5, 5.41) is 2.51. The summed E-state index contributed by atoms with van der Waals surface area (Å²) in [6.07, 6.45) is 1.78. The first-order valence-corrected chi connectivity index (χ1v) is 10.7. The molecule has 0 fully saturated rings. The van der Waals surface area contributed by atoms with Crippen molar-refractivity contribution < 1.29 is 4.74 Å². The number of aromatic amines is 2. The second-order valence-electron chi connectivity index (χ2n) is 8.02. The van der Waals surface area contributed by atoms with E-state index in [9.17, 15) is 0 Å². The smallest absolute Gasteiger partial charge is 0.120 e. The van der Waals surface area contributed by atoms with Crippen LogP contribution in [0.2, 0.25) is 0 Å². The SMILES string of the molecule is C=CCOc1cccc(C(c2c(C)[nH]c3ccccc23)c2c(C)[nH]c3ccccc23)c1. The highest BCUT2D eigenvalue weighted by Gasteiger charge is 2.27. The van der Waals surface area contributed by atoms with Gasteiger partial charge in [-0.2, -0.15) is 0 Å². The van der Waals surface area contributed by atoms with Crippen LogP contribution >= 0.6 is 0 Å². The van der Waals surface area contributed by atoms with Crippen LogP contribution in [0.25, 0.3) is 21.8 Å². The summed E-state index contributed by atoms with van der Waals surface area (Å²) < 4.78 is 5.88. The molecule has 0 atom stereocenters. The Kier molecular flexibility index (Phi) is 4.87. The maximum atomic E-state index is 5.88. The van der Waals surface area contributed by atoms with Crippen molar-refractivity contribution in [1.29, 1.82) is 0 Å². The zero-order valence-corrected chi connectivity index (χ0v) is 17.9. The number of benzene rings is 3. The summed E-state index contributed by atoms with van der Waals surface area (Å²) >= 11 is 0. The van der Waals surface area contributed by atoms with Crippen molar-refractivity contribution in [2.24, 2.45) is 0 Å². The molecule has 2 N–H and O–H groups in total. The second-order valence-corrected chi connectivity index (χ2v) is 8.02. The van der Waals surface area contributed by atoms with Gasteiger partial charge in [0.2, 0.25) is 0 Å². The van der Waals surface area contributed by atoms with Crippen molar-refractivity contribution in [2.75, 3.05) is 6.61 Å². The molecule has 2 aromatic heterocycles. The van der Waals surface area contributed by atoms with Crippen molar-refractivity contribution in [3.63, 3.8) is 0 Å². The molecule has 5 rings (SSSR count). The molecule has 3 heteroatoms. The Bertz CT molecular complexity index is 1310. The number of para-hydroxylation sites is 2. The average molecular weight is 407 g/mol. The highest BCUT2D eigenvalue weighted by Crippen LogP contribution is 2.43. The minimum atomic E-state index is 0.0691. The molecule has 0 radical (unpaired) electrons. The monoisotopic (exact) mass is 406 g/mol. The number of aryl methyl sites for hydroxylation is 2. The molecule has 3 aromatic carbocycles. The van der Waals surface area contributed by atoms with Crippen molar-refractivity contribution in [3.05, 3.63) is 114 Å². The third-order valence-electron chi connectivity index (χ3n) is 6.02.